The largest absolute Gasteiger partial charge is 0.459 e. The number of likely N-dealkylation sites (tertiary alicyclic amines) is 1. The van der Waals surface area contributed by atoms with Crippen LogP contribution in [0.15, 0.2) is 47.2 Å². The Bertz CT molecular complexity index is 689. The number of hydrogen-bond donors (Lipinski definition) is 0. The van der Waals surface area contributed by atoms with E-state index in [0.29, 0.717) is 19.0 Å². The van der Waals surface area contributed by atoms with E-state index in [2.05, 4.69) is 4.98 Å². The summed E-state index contributed by atoms with van der Waals surface area (Å²) >= 11 is 0. The van der Waals surface area contributed by atoms with Gasteiger partial charge in [0.2, 0.25) is 0 Å². The van der Waals surface area contributed by atoms with E-state index >= 15 is 0 Å². The summed E-state index contributed by atoms with van der Waals surface area (Å²) in [6.45, 7) is 1.78. The zero-order valence-electron chi connectivity index (χ0n) is 14.0. The molecule has 6 heteroatoms. The maximum Gasteiger partial charge on any atom is 0.289 e. The molecule has 0 spiro atoms. The number of amides is 1. The zero-order valence-corrected chi connectivity index (χ0v) is 14.0. The summed E-state index contributed by atoms with van der Waals surface area (Å²) in [5.74, 6) is 0.368. The Morgan fingerprint density at radius 1 is 1.24 bits per heavy atom. The highest BCUT2D eigenvalue weighted by atomic mass is 16.5. The average molecular weight is 342 g/mol. The van der Waals surface area contributed by atoms with Crippen LogP contribution in [0.25, 0.3) is 0 Å². The van der Waals surface area contributed by atoms with Gasteiger partial charge < -0.3 is 18.8 Å². The molecule has 132 valence electrons. The Morgan fingerprint density at radius 3 is 3.00 bits per heavy atom. The van der Waals surface area contributed by atoms with Crippen LogP contribution >= 0.6 is 0 Å². The number of rotatable bonds is 5. The van der Waals surface area contributed by atoms with Gasteiger partial charge in [0.05, 0.1) is 43.4 Å². The minimum absolute atomic E-state index is 0.0362. The Balaban J connectivity index is 1.27. The molecule has 0 aliphatic carbocycles. The molecule has 6 nitrogen and oxygen atoms in total. The number of carbonyl (C=O) groups excluding carboxylic acids is 1. The van der Waals surface area contributed by atoms with Crippen LogP contribution in [0.3, 0.4) is 0 Å². The fraction of sp³-hybridized carbons (Fsp3) is 0.474. The standard InChI is InChI=1S/C19H22N2O4/c22-19(18-5-3-11-24-18)21-10-8-17-16(21)7-6-15(25-17)13-23-12-14-4-1-2-9-20-14/h1-5,9,11,15-17H,6-8,10,12-13H2/t15-,16-,17-/m0/s1. The van der Waals surface area contributed by atoms with Gasteiger partial charge in [-0.1, -0.05) is 6.07 Å². The lowest BCUT2D eigenvalue weighted by Gasteiger charge is -2.35. The number of pyridine rings is 1. The maximum atomic E-state index is 12.5. The predicted octanol–water partition coefficient (Wildman–Crippen LogP) is 2.65. The fourth-order valence-electron chi connectivity index (χ4n) is 3.69. The molecule has 2 aliphatic heterocycles. The van der Waals surface area contributed by atoms with Crippen LogP contribution in [-0.2, 0) is 16.1 Å². The van der Waals surface area contributed by atoms with Crippen LogP contribution in [0, 0.1) is 0 Å². The molecule has 2 aromatic rings. The number of carbonyl (C=O) groups is 1. The highest BCUT2D eigenvalue weighted by molar-refractivity contribution is 5.91. The number of hydrogen-bond acceptors (Lipinski definition) is 5. The van der Waals surface area contributed by atoms with E-state index in [1.54, 1.807) is 18.3 Å². The SMILES string of the molecule is O=C(c1ccco1)N1CC[C@@H]2O[C@H](COCc3ccccn3)CC[C@@H]21. The van der Waals surface area contributed by atoms with E-state index in [-0.39, 0.29) is 24.2 Å². The number of nitrogens with zero attached hydrogens (tertiary/aromatic N) is 2. The molecule has 2 aromatic heterocycles. The van der Waals surface area contributed by atoms with Crippen LogP contribution in [0.1, 0.15) is 35.5 Å². The molecule has 0 bridgehead atoms. The molecule has 4 heterocycles. The Labute approximate surface area is 146 Å². The van der Waals surface area contributed by atoms with Gasteiger partial charge in [-0.2, -0.15) is 0 Å². The van der Waals surface area contributed by atoms with Gasteiger partial charge >= 0.3 is 0 Å². The minimum atomic E-state index is -0.0362. The molecule has 1 amide bonds. The van der Waals surface area contributed by atoms with Crippen molar-refractivity contribution in [1.82, 2.24) is 9.88 Å². The second-order valence-corrected chi connectivity index (χ2v) is 6.54. The van der Waals surface area contributed by atoms with Crippen LogP contribution in [0.2, 0.25) is 0 Å². The van der Waals surface area contributed by atoms with E-state index in [0.717, 1.165) is 31.5 Å². The lowest BCUT2D eigenvalue weighted by molar-refractivity contribution is -0.0991. The summed E-state index contributed by atoms with van der Waals surface area (Å²) in [5.41, 5.74) is 0.923. The molecule has 0 radical (unpaired) electrons. The topological polar surface area (TPSA) is 64.8 Å². The fourth-order valence-corrected chi connectivity index (χ4v) is 3.69. The van der Waals surface area contributed by atoms with Gasteiger partial charge in [0.15, 0.2) is 5.76 Å². The molecule has 0 saturated carbocycles. The minimum Gasteiger partial charge on any atom is -0.459 e. The third kappa shape index (κ3) is 3.60. The van der Waals surface area contributed by atoms with Gasteiger partial charge in [-0.05, 0) is 43.5 Å². The van der Waals surface area contributed by atoms with E-state index in [1.807, 2.05) is 23.1 Å². The normalized spacial score (nSPS) is 25.8. The monoisotopic (exact) mass is 342 g/mol. The smallest absolute Gasteiger partial charge is 0.289 e. The summed E-state index contributed by atoms with van der Waals surface area (Å²) in [7, 11) is 0. The lowest BCUT2D eigenvalue weighted by Crippen LogP contribution is -2.45. The average Bonchev–Trinajstić information content (AvgIpc) is 3.32. The van der Waals surface area contributed by atoms with Crippen LogP contribution in [0.5, 0.6) is 0 Å². The Morgan fingerprint density at radius 2 is 2.20 bits per heavy atom. The van der Waals surface area contributed by atoms with E-state index in [4.69, 9.17) is 13.9 Å². The number of aromatic nitrogens is 1. The van der Waals surface area contributed by atoms with E-state index in [9.17, 15) is 4.79 Å². The first-order valence-corrected chi connectivity index (χ1v) is 8.79. The predicted molar refractivity (Wildman–Crippen MR) is 89.9 cm³/mol. The van der Waals surface area contributed by atoms with Crippen molar-refractivity contribution in [2.45, 2.75) is 44.1 Å². The molecule has 2 fully saturated rings. The third-order valence-corrected chi connectivity index (χ3v) is 4.91. The summed E-state index contributed by atoms with van der Waals surface area (Å²) < 4.78 is 17.2. The van der Waals surface area contributed by atoms with Crippen molar-refractivity contribution in [1.29, 1.82) is 0 Å². The molecule has 2 saturated heterocycles. The second kappa shape index (κ2) is 7.37. The first-order chi connectivity index (χ1) is 12.3. The number of fused-ring (bicyclic) bond motifs is 1. The van der Waals surface area contributed by atoms with Crippen molar-refractivity contribution in [3.05, 3.63) is 54.2 Å². The molecule has 25 heavy (non-hydrogen) atoms. The maximum absolute atomic E-state index is 12.5. The van der Waals surface area contributed by atoms with Crippen molar-refractivity contribution in [2.75, 3.05) is 13.2 Å². The summed E-state index contributed by atoms with van der Waals surface area (Å²) in [6, 6.07) is 9.40. The number of furan rings is 1. The number of ether oxygens (including phenoxy) is 2. The van der Waals surface area contributed by atoms with Gasteiger partial charge in [0, 0.05) is 12.7 Å². The highest BCUT2D eigenvalue weighted by Crippen LogP contribution is 2.32. The Hall–Kier alpha value is -2.18. The molecular formula is C19H22N2O4. The van der Waals surface area contributed by atoms with Crippen molar-refractivity contribution >= 4 is 5.91 Å². The molecular weight excluding hydrogens is 320 g/mol. The summed E-state index contributed by atoms with van der Waals surface area (Å²) in [6.07, 6.45) is 6.18. The highest BCUT2D eigenvalue weighted by Gasteiger charge is 2.42. The Kier molecular flexibility index (Phi) is 4.81. The van der Waals surface area contributed by atoms with Crippen LogP contribution in [-0.4, -0.2) is 47.2 Å². The second-order valence-electron chi connectivity index (χ2n) is 6.54. The molecule has 4 rings (SSSR count). The van der Waals surface area contributed by atoms with Crippen molar-refractivity contribution in [2.24, 2.45) is 0 Å². The van der Waals surface area contributed by atoms with Crippen molar-refractivity contribution in [3.63, 3.8) is 0 Å². The van der Waals surface area contributed by atoms with Crippen LogP contribution < -0.4 is 0 Å². The molecule has 0 aromatic carbocycles. The first kappa shape index (κ1) is 16.3. The summed E-state index contributed by atoms with van der Waals surface area (Å²) in [5, 5.41) is 0. The third-order valence-electron chi connectivity index (χ3n) is 4.91. The molecule has 0 N–H and O–H groups in total. The quantitative estimate of drug-likeness (QED) is 0.836. The van der Waals surface area contributed by atoms with Gasteiger partial charge in [-0.25, -0.2) is 0 Å². The van der Waals surface area contributed by atoms with E-state index < -0.39 is 0 Å². The lowest BCUT2D eigenvalue weighted by atomic mass is 9.99. The van der Waals surface area contributed by atoms with Gasteiger partial charge in [-0.3, -0.25) is 9.78 Å². The molecule has 3 atom stereocenters. The van der Waals surface area contributed by atoms with E-state index in [1.165, 1.54) is 6.26 Å². The zero-order chi connectivity index (χ0) is 17.1. The van der Waals surface area contributed by atoms with Gasteiger partial charge in [-0.15, -0.1) is 0 Å². The molecule has 2 aliphatic rings. The van der Waals surface area contributed by atoms with Crippen molar-refractivity contribution < 1.29 is 18.7 Å². The van der Waals surface area contributed by atoms with Crippen molar-refractivity contribution in [3.8, 4) is 0 Å². The van der Waals surface area contributed by atoms with Gasteiger partial charge in [0.1, 0.15) is 0 Å². The first-order valence-electron chi connectivity index (χ1n) is 8.79. The summed E-state index contributed by atoms with van der Waals surface area (Å²) in [4.78, 5) is 18.7. The van der Waals surface area contributed by atoms with Crippen LogP contribution in [0.4, 0.5) is 0 Å². The molecule has 0 unspecified atom stereocenters. The van der Waals surface area contributed by atoms with Gasteiger partial charge in [0.25, 0.3) is 5.91 Å².